The zero-order chi connectivity index (χ0) is 15.3. The van der Waals surface area contributed by atoms with Gasteiger partial charge in [-0.15, -0.1) is 0 Å². The van der Waals surface area contributed by atoms with Gasteiger partial charge in [0.05, 0.1) is 17.8 Å². The van der Waals surface area contributed by atoms with Crippen molar-refractivity contribution in [3.63, 3.8) is 0 Å². The van der Waals surface area contributed by atoms with Crippen LogP contribution >= 0.6 is 0 Å². The number of sulfone groups is 1. The van der Waals surface area contributed by atoms with E-state index in [0.29, 0.717) is 19.4 Å². The van der Waals surface area contributed by atoms with Crippen LogP contribution in [0.15, 0.2) is 0 Å². The van der Waals surface area contributed by atoms with Gasteiger partial charge in [0.25, 0.3) is 0 Å². The molecule has 0 aromatic heterocycles. The molecule has 1 aliphatic heterocycles. The molecule has 2 N–H and O–H groups in total. The predicted octanol–water partition coefficient (Wildman–Crippen LogP) is -0.194. The predicted molar refractivity (Wildman–Crippen MR) is 72.0 cm³/mol. The van der Waals surface area contributed by atoms with E-state index in [0.717, 1.165) is 6.26 Å². The maximum absolute atomic E-state index is 12.1. The third-order valence-electron chi connectivity index (χ3n) is 3.34. The van der Waals surface area contributed by atoms with E-state index in [-0.39, 0.29) is 30.1 Å². The molecule has 0 spiro atoms. The van der Waals surface area contributed by atoms with Crippen molar-refractivity contribution < 1.29 is 27.9 Å². The lowest BCUT2D eigenvalue weighted by Crippen LogP contribution is -2.46. The van der Waals surface area contributed by atoms with Gasteiger partial charge >= 0.3 is 5.97 Å². The first-order valence-electron chi connectivity index (χ1n) is 6.57. The summed E-state index contributed by atoms with van der Waals surface area (Å²) in [5.41, 5.74) is 0. The fourth-order valence-electron chi connectivity index (χ4n) is 2.22. The number of aliphatic carboxylic acids is 1. The van der Waals surface area contributed by atoms with Crippen LogP contribution < -0.4 is 5.32 Å². The van der Waals surface area contributed by atoms with Crippen molar-refractivity contribution in [2.45, 2.75) is 38.3 Å². The third kappa shape index (κ3) is 5.09. The number of carboxylic acids is 1. The van der Waals surface area contributed by atoms with Crippen LogP contribution in [0.5, 0.6) is 0 Å². The molecule has 0 saturated carbocycles. The van der Waals surface area contributed by atoms with Crippen molar-refractivity contribution in [2.24, 2.45) is 5.92 Å². The molecule has 1 aliphatic rings. The number of carbonyl (C=O) groups excluding carboxylic acids is 1. The van der Waals surface area contributed by atoms with Gasteiger partial charge in [0.2, 0.25) is 5.91 Å². The van der Waals surface area contributed by atoms with Gasteiger partial charge in [-0.25, -0.2) is 13.2 Å². The Morgan fingerprint density at radius 1 is 1.45 bits per heavy atom. The van der Waals surface area contributed by atoms with Crippen LogP contribution in [-0.2, 0) is 24.2 Å². The van der Waals surface area contributed by atoms with Gasteiger partial charge in [-0.3, -0.25) is 4.79 Å². The molecule has 0 aromatic carbocycles. The van der Waals surface area contributed by atoms with Crippen molar-refractivity contribution in [2.75, 3.05) is 18.6 Å². The third-order valence-corrected chi connectivity index (χ3v) is 4.32. The van der Waals surface area contributed by atoms with Gasteiger partial charge in [-0.2, -0.15) is 0 Å². The number of amides is 1. The van der Waals surface area contributed by atoms with Crippen molar-refractivity contribution in [3.8, 4) is 0 Å². The minimum absolute atomic E-state index is 0.135. The fourth-order valence-corrected chi connectivity index (χ4v) is 2.88. The number of carbonyl (C=O) groups is 2. The van der Waals surface area contributed by atoms with Crippen LogP contribution in [-0.4, -0.2) is 56.2 Å². The van der Waals surface area contributed by atoms with E-state index in [1.807, 2.05) is 6.92 Å². The Bertz CT molecular complexity index is 461. The van der Waals surface area contributed by atoms with Crippen LogP contribution in [0, 0.1) is 5.92 Å². The highest BCUT2D eigenvalue weighted by atomic mass is 32.2. The van der Waals surface area contributed by atoms with Crippen molar-refractivity contribution in [1.82, 2.24) is 5.32 Å². The molecule has 7 nitrogen and oxygen atoms in total. The Morgan fingerprint density at radius 2 is 2.10 bits per heavy atom. The zero-order valence-electron chi connectivity index (χ0n) is 11.7. The number of carboxylic acid groups (broad SMARTS) is 1. The lowest BCUT2D eigenvalue weighted by molar-refractivity contribution is -0.142. The number of rotatable bonds is 7. The minimum atomic E-state index is -3.26. The Morgan fingerprint density at radius 3 is 2.60 bits per heavy atom. The second-order valence-electron chi connectivity index (χ2n) is 5.03. The summed E-state index contributed by atoms with van der Waals surface area (Å²) in [5, 5.41) is 11.5. The average molecular weight is 307 g/mol. The molecule has 116 valence electrons. The quantitative estimate of drug-likeness (QED) is 0.674. The molecule has 8 heteroatoms. The molecule has 3 atom stereocenters. The van der Waals surface area contributed by atoms with E-state index in [9.17, 15) is 18.0 Å². The van der Waals surface area contributed by atoms with Gasteiger partial charge in [-0.05, 0) is 19.3 Å². The highest BCUT2D eigenvalue weighted by Gasteiger charge is 2.34. The van der Waals surface area contributed by atoms with Crippen LogP contribution in [0.25, 0.3) is 0 Å². The minimum Gasteiger partial charge on any atom is -0.480 e. The zero-order valence-corrected chi connectivity index (χ0v) is 12.5. The van der Waals surface area contributed by atoms with Crippen molar-refractivity contribution in [3.05, 3.63) is 0 Å². The van der Waals surface area contributed by atoms with E-state index in [1.165, 1.54) is 0 Å². The lowest BCUT2D eigenvalue weighted by atomic mass is 9.98. The molecule has 0 radical (unpaired) electrons. The van der Waals surface area contributed by atoms with E-state index < -0.39 is 21.8 Å². The fraction of sp³-hybridized carbons (Fsp3) is 0.833. The normalized spacial score (nSPS) is 24.3. The Balaban J connectivity index is 2.61. The molecule has 1 saturated heterocycles. The standard InChI is InChI=1S/C12H21NO6S/c1-3-10-8(4-6-19-10)11(14)13-9(12(15)16)5-7-20(2,17)18/h8-10H,3-7H2,1-2H3,(H,13,14)(H,15,16). The number of hydrogen-bond donors (Lipinski definition) is 2. The summed E-state index contributed by atoms with van der Waals surface area (Å²) in [7, 11) is -3.26. The Labute approximate surface area is 118 Å². The van der Waals surface area contributed by atoms with E-state index in [4.69, 9.17) is 9.84 Å². The summed E-state index contributed by atoms with van der Waals surface area (Å²) >= 11 is 0. The van der Waals surface area contributed by atoms with Gasteiger partial charge < -0.3 is 15.2 Å². The molecule has 0 aromatic rings. The smallest absolute Gasteiger partial charge is 0.326 e. The van der Waals surface area contributed by atoms with E-state index in [1.54, 1.807) is 0 Å². The number of ether oxygens (including phenoxy) is 1. The SMILES string of the molecule is CCC1OCCC1C(=O)NC(CCS(C)(=O)=O)C(=O)O. The van der Waals surface area contributed by atoms with Crippen molar-refractivity contribution in [1.29, 1.82) is 0 Å². The highest BCUT2D eigenvalue weighted by Crippen LogP contribution is 2.23. The van der Waals surface area contributed by atoms with Crippen molar-refractivity contribution >= 4 is 21.7 Å². The molecular formula is C12H21NO6S. The average Bonchev–Trinajstić information content (AvgIpc) is 2.80. The highest BCUT2D eigenvalue weighted by molar-refractivity contribution is 7.90. The largest absolute Gasteiger partial charge is 0.480 e. The summed E-state index contributed by atoms with van der Waals surface area (Å²) in [6, 6.07) is -1.18. The number of hydrogen-bond acceptors (Lipinski definition) is 5. The van der Waals surface area contributed by atoms with E-state index in [2.05, 4.69) is 5.32 Å². The lowest BCUT2D eigenvalue weighted by Gasteiger charge is -2.20. The summed E-state index contributed by atoms with van der Waals surface area (Å²) in [5.74, 6) is -2.24. The van der Waals surface area contributed by atoms with Crippen LogP contribution in [0.1, 0.15) is 26.2 Å². The van der Waals surface area contributed by atoms with Crippen LogP contribution in [0.4, 0.5) is 0 Å². The molecule has 1 heterocycles. The molecule has 1 amide bonds. The maximum Gasteiger partial charge on any atom is 0.326 e. The van der Waals surface area contributed by atoms with Crippen LogP contribution in [0.2, 0.25) is 0 Å². The second-order valence-corrected chi connectivity index (χ2v) is 7.29. The van der Waals surface area contributed by atoms with Gasteiger partial charge in [0, 0.05) is 12.9 Å². The molecule has 0 aliphatic carbocycles. The first kappa shape index (κ1) is 16.9. The van der Waals surface area contributed by atoms with E-state index >= 15 is 0 Å². The Kier molecular flexibility index (Phi) is 5.94. The molecule has 1 fully saturated rings. The topological polar surface area (TPSA) is 110 Å². The summed E-state index contributed by atoms with van der Waals surface area (Å²) in [4.78, 5) is 23.1. The molecule has 3 unspecified atom stereocenters. The van der Waals surface area contributed by atoms with Gasteiger partial charge in [0.15, 0.2) is 0 Å². The molecular weight excluding hydrogens is 286 g/mol. The van der Waals surface area contributed by atoms with Crippen LogP contribution in [0.3, 0.4) is 0 Å². The Hall–Kier alpha value is -1.15. The summed E-state index contributed by atoms with van der Waals surface area (Å²) < 4.78 is 27.5. The monoisotopic (exact) mass is 307 g/mol. The first-order valence-corrected chi connectivity index (χ1v) is 8.63. The van der Waals surface area contributed by atoms with Gasteiger partial charge in [0.1, 0.15) is 15.9 Å². The molecule has 0 bridgehead atoms. The first-order chi connectivity index (χ1) is 9.24. The summed E-state index contributed by atoms with van der Waals surface area (Å²) in [6.07, 6.45) is 1.94. The summed E-state index contributed by atoms with van der Waals surface area (Å²) in [6.45, 7) is 2.38. The molecule has 20 heavy (non-hydrogen) atoms. The number of nitrogens with one attached hydrogen (secondary N) is 1. The molecule has 1 rings (SSSR count). The second kappa shape index (κ2) is 7.03. The maximum atomic E-state index is 12.1. The van der Waals surface area contributed by atoms with Gasteiger partial charge in [-0.1, -0.05) is 6.92 Å².